The number of thioether (sulfide) groups is 1. The van der Waals surface area contributed by atoms with Gasteiger partial charge in [-0.2, -0.15) is 0 Å². The molecule has 7 nitrogen and oxygen atoms in total. The quantitative estimate of drug-likeness (QED) is 0.765. The topological polar surface area (TPSA) is 97.5 Å². The summed E-state index contributed by atoms with van der Waals surface area (Å²) in [5, 5.41) is 26.2. The Morgan fingerprint density at radius 2 is 2.15 bits per heavy atom. The maximum Gasteiger partial charge on any atom is 0.313 e. The van der Waals surface area contributed by atoms with Crippen molar-refractivity contribution in [2.24, 2.45) is 0 Å². The van der Waals surface area contributed by atoms with E-state index in [1.807, 2.05) is 12.1 Å². The lowest BCUT2D eigenvalue weighted by molar-refractivity contribution is -0.133. The van der Waals surface area contributed by atoms with E-state index in [0.717, 1.165) is 11.8 Å². The second-order valence-corrected chi connectivity index (χ2v) is 4.69. The minimum atomic E-state index is -0.949. The van der Waals surface area contributed by atoms with Gasteiger partial charge < -0.3 is 14.9 Å². The lowest BCUT2D eigenvalue weighted by Crippen LogP contribution is -2.06. The lowest BCUT2D eigenvalue weighted by atomic mass is 10.3. The maximum atomic E-state index is 10.7. The van der Waals surface area contributed by atoms with Crippen LogP contribution in [0.3, 0.4) is 0 Å². The van der Waals surface area contributed by atoms with Crippen LogP contribution in [0.25, 0.3) is 5.69 Å². The first-order valence-electron chi connectivity index (χ1n) is 5.70. The number of nitrogens with zero attached hydrogens (tertiary/aromatic N) is 3. The van der Waals surface area contributed by atoms with E-state index in [4.69, 9.17) is 9.84 Å². The Bertz CT molecular complexity index is 614. The van der Waals surface area contributed by atoms with Crippen molar-refractivity contribution in [1.29, 1.82) is 0 Å². The van der Waals surface area contributed by atoms with E-state index in [-0.39, 0.29) is 12.4 Å². The van der Waals surface area contributed by atoms with Gasteiger partial charge in [0, 0.05) is 0 Å². The molecule has 20 heavy (non-hydrogen) atoms. The normalized spacial score (nSPS) is 10.5. The number of rotatable bonds is 6. The second kappa shape index (κ2) is 6.40. The summed E-state index contributed by atoms with van der Waals surface area (Å²) < 4.78 is 6.86. The summed E-state index contributed by atoms with van der Waals surface area (Å²) in [4.78, 5) is 10.7. The van der Waals surface area contributed by atoms with E-state index in [9.17, 15) is 9.90 Å². The second-order valence-electron chi connectivity index (χ2n) is 3.75. The molecule has 0 fully saturated rings. The SMILES string of the molecule is COc1ccccc1-n1c(CO)nnc1SCC(=O)O. The number of aromatic nitrogens is 3. The van der Waals surface area contributed by atoms with Crippen molar-refractivity contribution in [2.75, 3.05) is 12.9 Å². The minimum Gasteiger partial charge on any atom is -0.495 e. The fourth-order valence-corrected chi connectivity index (χ4v) is 2.36. The Morgan fingerprint density at radius 3 is 2.80 bits per heavy atom. The molecular formula is C12H13N3O4S. The van der Waals surface area contributed by atoms with Crippen LogP contribution in [0.1, 0.15) is 5.82 Å². The van der Waals surface area contributed by atoms with Crippen LogP contribution in [0.5, 0.6) is 5.75 Å². The number of aliphatic hydroxyl groups is 1. The van der Waals surface area contributed by atoms with Gasteiger partial charge in [0.1, 0.15) is 12.4 Å². The van der Waals surface area contributed by atoms with Gasteiger partial charge in [0.2, 0.25) is 0 Å². The number of carboxylic acid groups (broad SMARTS) is 1. The van der Waals surface area contributed by atoms with Crippen LogP contribution in [0.2, 0.25) is 0 Å². The summed E-state index contributed by atoms with van der Waals surface area (Å²) in [6.45, 7) is -0.307. The van der Waals surface area contributed by atoms with Crippen LogP contribution in [0, 0.1) is 0 Å². The number of para-hydroxylation sites is 2. The molecule has 106 valence electrons. The van der Waals surface area contributed by atoms with Crippen molar-refractivity contribution in [3.63, 3.8) is 0 Å². The number of hydrogen-bond donors (Lipinski definition) is 2. The summed E-state index contributed by atoms with van der Waals surface area (Å²) in [5.74, 6) is -0.185. The van der Waals surface area contributed by atoms with Crippen LogP contribution in [0.15, 0.2) is 29.4 Å². The summed E-state index contributed by atoms with van der Waals surface area (Å²) in [6, 6.07) is 7.17. The zero-order chi connectivity index (χ0) is 14.5. The Hall–Kier alpha value is -2.06. The maximum absolute atomic E-state index is 10.7. The largest absolute Gasteiger partial charge is 0.495 e. The van der Waals surface area contributed by atoms with E-state index in [0.29, 0.717) is 22.4 Å². The molecule has 0 radical (unpaired) electrons. The smallest absolute Gasteiger partial charge is 0.313 e. The summed E-state index contributed by atoms with van der Waals surface area (Å²) in [6.07, 6.45) is 0. The van der Waals surface area contributed by atoms with E-state index in [1.54, 1.807) is 16.7 Å². The Balaban J connectivity index is 2.47. The summed E-state index contributed by atoms with van der Waals surface area (Å²) in [5.41, 5.74) is 0.650. The molecule has 1 heterocycles. The molecule has 0 atom stereocenters. The number of carbonyl (C=O) groups is 1. The monoisotopic (exact) mass is 295 g/mol. The molecule has 0 bridgehead atoms. The number of aliphatic carboxylic acids is 1. The van der Waals surface area contributed by atoms with Gasteiger partial charge >= 0.3 is 5.97 Å². The van der Waals surface area contributed by atoms with Gasteiger partial charge in [-0.1, -0.05) is 23.9 Å². The Morgan fingerprint density at radius 1 is 1.40 bits per heavy atom. The molecule has 0 unspecified atom stereocenters. The van der Waals surface area contributed by atoms with Crippen LogP contribution >= 0.6 is 11.8 Å². The average molecular weight is 295 g/mol. The fraction of sp³-hybridized carbons (Fsp3) is 0.250. The number of ether oxygens (including phenoxy) is 1. The van der Waals surface area contributed by atoms with Crippen molar-refractivity contribution in [2.45, 2.75) is 11.8 Å². The molecular weight excluding hydrogens is 282 g/mol. The third-order valence-electron chi connectivity index (χ3n) is 2.49. The standard InChI is InChI=1S/C12H13N3O4S/c1-19-9-5-3-2-4-8(9)15-10(6-16)13-14-12(15)20-7-11(17)18/h2-5,16H,6-7H2,1H3,(H,17,18). The first-order valence-corrected chi connectivity index (χ1v) is 6.69. The van der Waals surface area contributed by atoms with E-state index in [1.165, 1.54) is 7.11 Å². The van der Waals surface area contributed by atoms with Gasteiger partial charge in [-0.3, -0.25) is 9.36 Å². The van der Waals surface area contributed by atoms with E-state index in [2.05, 4.69) is 10.2 Å². The van der Waals surface area contributed by atoms with Gasteiger partial charge in [0.25, 0.3) is 0 Å². The van der Waals surface area contributed by atoms with E-state index >= 15 is 0 Å². The molecule has 2 N–H and O–H groups in total. The van der Waals surface area contributed by atoms with Crippen LogP contribution in [-0.2, 0) is 11.4 Å². The van der Waals surface area contributed by atoms with Gasteiger partial charge in [-0.05, 0) is 12.1 Å². The summed E-state index contributed by atoms with van der Waals surface area (Å²) >= 11 is 1.03. The first-order chi connectivity index (χ1) is 9.67. The molecule has 0 aliphatic rings. The highest BCUT2D eigenvalue weighted by Gasteiger charge is 2.17. The Kier molecular flexibility index (Phi) is 4.59. The highest BCUT2D eigenvalue weighted by Crippen LogP contribution is 2.28. The van der Waals surface area contributed by atoms with Crippen LogP contribution in [-0.4, -0.2) is 43.8 Å². The van der Waals surface area contributed by atoms with E-state index < -0.39 is 5.97 Å². The molecule has 2 rings (SSSR count). The number of carboxylic acids is 1. The zero-order valence-electron chi connectivity index (χ0n) is 10.7. The predicted molar refractivity (Wildman–Crippen MR) is 72.2 cm³/mol. The zero-order valence-corrected chi connectivity index (χ0v) is 11.5. The third kappa shape index (κ3) is 2.91. The van der Waals surface area contributed by atoms with Crippen LogP contribution in [0.4, 0.5) is 0 Å². The van der Waals surface area contributed by atoms with Gasteiger partial charge in [-0.15, -0.1) is 10.2 Å². The Labute approximate surface area is 119 Å². The predicted octanol–water partition coefficient (Wildman–Crippen LogP) is 0.945. The van der Waals surface area contributed by atoms with Gasteiger partial charge in [0.05, 0.1) is 18.6 Å². The number of aliphatic hydroxyl groups excluding tert-OH is 1. The molecule has 1 aromatic carbocycles. The molecule has 0 amide bonds. The molecule has 0 aliphatic heterocycles. The molecule has 0 saturated heterocycles. The van der Waals surface area contributed by atoms with Gasteiger partial charge in [0.15, 0.2) is 11.0 Å². The van der Waals surface area contributed by atoms with Crippen molar-refractivity contribution in [1.82, 2.24) is 14.8 Å². The fourth-order valence-electron chi connectivity index (χ4n) is 1.68. The highest BCUT2D eigenvalue weighted by molar-refractivity contribution is 7.99. The molecule has 0 saturated carbocycles. The minimum absolute atomic E-state index is 0.140. The highest BCUT2D eigenvalue weighted by atomic mass is 32.2. The molecule has 2 aromatic rings. The number of methoxy groups -OCH3 is 1. The van der Waals surface area contributed by atoms with Crippen molar-refractivity contribution in [3.8, 4) is 11.4 Å². The van der Waals surface area contributed by atoms with Crippen molar-refractivity contribution in [3.05, 3.63) is 30.1 Å². The molecule has 0 aliphatic carbocycles. The molecule has 1 aromatic heterocycles. The molecule has 0 spiro atoms. The first kappa shape index (κ1) is 14.4. The van der Waals surface area contributed by atoms with Crippen molar-refractivity contribution >= 4 is 17.7 Å². The van der Waals surface area contributed by atoms with Crippen LogP contribution < -0.4 is 4.74 Å². The van der Waals surface area contributed by atoms with Gasteiger partial charge in [-0.25, -0.2) is 0 Å². The lowest BCUT2D eigenvalue weighted by Gasteiger charge is -2.12. The average Bonchev–Trinajstić information content (AvgIpc) is 2.87. The number of benzene rings is 1. The molecule has 8 heteroatoms. The number of hydrogen-bond acceptors (Lipinski definition) is 6. The summed E-state index contributed by atoms with van der Waals surface area (Å²) in [7, 11) is 1.53. The van der Waals surface area contributed by atoms with Crippen molar-refractivity contribution < 1.29 is 19.7 Å². The third-order valence-corrected chi connectivity index (χ3v) is 3.41.